The molecule has 0 rings (SSSR count). The van der Waals surface area contributed by atoms with Crippen LogP contribution < -0.4 is 0 Å². The Kier molecular flexibility index (Phi) is 7.40. The maximum absolute atomic E-state index is 11.9. The molecule has 0 aromatic rings. The molecule has 0 amide bonds. The van der Waals surface area contributed by atoms with Gasteiger partial charge in [0.2, 0.25) is 0 Å². The Hall–Kier alpha value is -0.150. The summed E-state index contributed by atoms with van der Waals surface area (Å²) in [7, 11) is 4.06. The third-order valence-corrected chi connectivity index (χ3v) is 1.94. The van der Waals surface area contributed by atoms with E-state index in [1.165, 1.54) is 6.42 Å². The Labute approximate surface area is 75.3 Å². The molecule has 0 radical (unpaired) electrons. The second-order valence-corrected chi connectivity index (χ2v) is 3.30. The summed E-state index contributed by atoms with van der Waals surface area (Å²) in [5, 5.41) is 0. The summed E-state index contributed by atoms with van der Waals surface area (Å²) in [5.41, 5.74) is 0. The summed E-state index contributed by atoms with van der Waals surface area (Å²) in [4.78, 5) is 4.29. The van der Waals surface area contributed by atoms with Gasteiger partial charge in [0.25, 0.3) is 0 Å². The summed E-state index contributed by atoms with van der Waals surface area (Å²) < 4.78 is 11.9. The van der Waals surface area contributed by atoms with Gasteiger partial charge in [-0.15, -0.1) is 0 Å². The fourth-order valence-electron chi connectivity index (χ4n) is 1.09. The van der Waals surface area contributed by atoms with Gasteiger partial charge >= 0.3 is 0 Å². The van der Waals surface area contributed by atoms with E-state index in [4.69, 9.17) is 0 Å². The van der Waals surface area contributed by atoms with Gasteiger partial charge in [0.15, 0.2) is 0 Å². The SMILES string of the molecule is CCCN(C)CCN(C)CCF. The van der Waals surface area contributed by atoms with Crippen LogP contribution in [-0.2, 0) is 0 Å². The molecule has 0 heterocycles. The van der Waals surface area contributed by atoms with E-state index in [1.54, 1.807) is 0 Å². The van der Waals surface area contributed by atoms with Gasteiger partial charge in [-0.3, -0.25) is 0 Å². The van der Waals surface area contributed by atoms with Crippen LogP contribution in [0.15, 0.2) is 0 Å². The molecule has 0 saturated carbocycles. The molecule has 0 bridgehead atoms. The highest BCUT2D eigenvalue weighted by Gasteiger charge is 1.99. The molecule has 2 nitrogen and oxygen atoms in total. The van der Waals surface area contributed by atoms with Gasteiger partial charge in [0.1, 0.15) is 6.67 Å². The van der Waals surface area contributed by atoms with Crippen molar-refractivity contribution in [2.45, 2.75) is 13.3 Å². The summed E-state index contributed by atoms with van der Waals surface area (Å²) in [5.74, 6) is 0. The van der Waals surface area contributed by atoms with Crippen LogP contribution in [0.5, 0.6) is 0 Å². The molecule has 12 heavy (non-hydrogen) atoms. The number of rotatable bonds is 7. The molecule has 0 aliphatic carbocycles. The minimum Gasteiger partial charge on any atom is -0.305 e. The third kappa shape index (κ3) is 6.55. The standard InChI is InChI=1S/C9H21FN2/c1-4-6-11(2)8-9-12(3)7-5-10/h4-9H2,1-3H3. The molecule has 0 N–H and O–H groups in total. The highest BCUT2D eigenvalue weighted by atomic mass is 19.1. The monoisotopic (exact) mass is 176 g/mol. The summed E-state index contributed by atoms with van der Waals surface area (Å²) in [6.07, 6.45) is 1.18. The van der Waals surface area contributed by atoms with Crippen molar-refractivity contribution < 1.29 is 4.39 Å². The molecule has 74 valence electrons. The first-order valence-corrected chi connectivity index (χ1v) is 4.63. The molecular formula is C9H21FN2. The van der Waals surface area contributed by atoms with Crippen molar-refractivity contribution in [2.75, 3.05) is 46.9 Å². The highest BCUT2D eigenvalue weighted by molar-refractivity contribution is 4.55. The van der Waals surface area contributed by atoms with Crippen molar-refractivity contribution in [3.63, 3.8) is 0 Å². The number of alkyl halides is 1. The Morgan fingerprint density at radius 2 is 1.42 bits per heavy atom. The van der Waals surface area contributed by atoms with Crippen LogP contribution in [-0.4, -0.2) is 56.7 Å². The molecule has 0 fully saturated rings. The molecule has 0 spiro atoms. The van der Waals surface area contributed by atoms with E-state index in [9.17, 15) is 4.39 Å². The maximum atomic E-state index is 11.9. The number of hydrogen-bond acceptors (Lipinski definition) is 2. The molecule has 0 unspecified atom stereocenters. The lowest BCUT2D eigenvalue weighted by Gasteiger charge is -2.20. The van der Waals surface area contributed by atoms with Crippen molar-refractivity contribution in [3.8, 4) is 0 Å². The Morgan fingerprint density at radius 3 is 1.83 bits per heavy atom. The number of likely N-dealkylation sites (N-methyl/N-ethyl adjacent to an activating group) is 2. The Morgan fingerprint density at radius 1 is 0.917 bits per heavy atom. The van der Waals surface area contributed by atoms with Crippen molar-refractivity contribution in [1.29, 1.82) is 0 Å². The fourth-order valence-corrected chi connectivity index (χ4v) is 1.09. The van der Waals surface area contributed by atoms with Crippen LogP contribution in [0.2, 0.25) is 0 Å². The van der Waals surface area contributed by atoms with E-state index < -0.39 is 0 Å². The molecule has 0 saturated heterocycles. The second kappa shape index (κ2) is 7.50. The zero-order chi connectivity index (χ0) is 9.40. The number of nitrogens with zero attached hydrogens (tertiary/aromatic N) is 2. The summed E-state index contributed by atoms with van der Waals surface area (Å²) >= 11 is 0. The fraction of sp³-hybridized carbons (Fsp3) is 1.00. The van der Waals surface area contributed by atoms with Crippen LogP contribution in [0.4, 0.5) is 4.39 Å². The van der Waals surface area contributed by atoms with E-state index in [2.05, 4.69) is 18.9 Å². The van der Waals surface area contributed by atoms with E-state index in [0.29, 0.717) is 6.54 Å². The lowest BCUT2D eigenvalue weighted by Crippen LogP contribution is -2.32. The molecule has 0 atom stereocenters. The average Bonchev–Trinajstić information content (AvgIpc) is 2.02. The molecular weight excluding hydrogens is 155 g/mol. The number of halogens is 1. The maximum Gasteiger partial charge on any atom is 0.102 e. The van der Waals surface area contributed by atoms with Crippen LogP contribution in [0.1, 0.15) is 13.3 Å². The van der Waals surface area contributed by atoms with Crippen LogP contribution in [0.3, 0.4) is 0 Å². The summed E-state index contributed by atoms with van der Waals surface area (Å²) in [6, 6.07) is 0. The van der Waals surface area contributed by atoms with Crippen molar-refractivity contribution in [2.24, 2.45) is 0 Å². The minimum absolute atomic E-state index is 0.242. The third-order valence-electron chi connectivity index (χ3n) is 1.94. The van der Waals surface area contributed by atoms with Crippen molar-refractivity contribution in [1.82, 2.24) is 9.80 Å². The van der Waals surface area contributed by atoms with Crippen LogP contribution in [0.25, 0.3) is 0 Å². The topological polar surface area (TPSA) is 6.48 Å². The quantitative estimate of drug-likeness (QED) is 0.575. The largest absolute Gasteiger partial charge is 0.305 e. The minimum atomic E-state index is -0.242. The average molecular weight is 176 g/mol. The molecule has 3 heteroatoms. The normalized spacial score (nSPS) is 11.5. The Balaban J connectivity index is 3.27. The molecule has 0 aliphatic rings. The van der Waals surface area contributed by atoms with Gasteiger partial charge in [-0.2, -0.15) is 0 Å². The predicted octanol–water partition coefficient (Wildman–Crippen LogP) is 1.23. The van der Waals surface area contributed by atoms with Crippen LogP contribution in [0, 0.1) is 0 Å². The van der Waals surface area contributed by atoms with Gasteiger partial charge in [-0.05, 0) is 27.1 Å². The highest BCUT2D eigenvalue weighted by Crippen LogP contribution is 1.88. The summed E-state index contributed by atoms with van der Waals surface area (Å²) in [6.45, 7) is 5.60. The van der Waals surface area contributed by atoms with Crippen LogP contribution >= 0.6 is 0 Å². The van der Waals surface area contributed by atoms with Gasteiger partial charge in [0, 0.05) is 19.6 Å². The Bertz CT molecular complexity index is 86.5. The van der Waals surface area contributed by atoms with Crippen molar-refractivity contribution >= 4 is 0 Å². The zero-order valence-electron chi connectivity index (χ0n) is 8.52. The molecule has 0 aliphatic heterocycles. The first-order chi connectivity index (χ1) is 5.70. The van der Waals surface area contributed by atoms with E-state index in [1.807, 2.05) is 11.9 Å². The van der Waals surface area contributed by atoms with E-state index >= 15 is 0 Å². The lowest BCUT2D eigenvalue weighted by molar-refractivity contribution is 0.242. The number of hydrogen-bond donors (Lipinski definition) is 0. The molecule has 0 aromatic heterocycles. The van der Waals surface area contributed by atoms with Crippen molar-refractivity contribution in [3.05, 3.63) is 0 Å². The zero-order valence-corrected chi connectivity index (χ0v) is 8.52. The van der Waals surface area contributed by atoms with Gasteiger partial charge < -0.3 is 9.80 Å². The second-order valence-electron chi connectivity index (χ2n) is 3.30. The predicted molar refractivity (Wildman–Crippen MR) is 51.3 cm³/mol. The molecule has 0 aromatic carbocycles. The lowest BCUT2D eigenvalue weighted by atomic mass is 10.4. The smallest absolute Gasteiger partial charge is 0.102 e. The van der Waals surface area contributed by atoms with E-state index in [-0.39, 0.29) is 6.67 Å². The van der Waals surface area contributed by atoms with Gasteiger partial charge in [-0.25, -0.2) is 4.39 Å². The van der Waals surface area contributed by atoms with E-state index in [0.717, 1.165) is 19.6 Å². The van der Waals surface area contributed by atoms with Gasteiger partial charge in [-0.1, -0.05) is 6.92 Å². The first-order valence-electron chi connectivity index (χ1n) is 4.63. The van der Waals surface area contributed by atoms with Gasteiger partial charge in [0.05, 0.1) is 0 Å². The first kappa shape index (κ1) is 11.8.